The Balaban J connectivity index is 1.95. The second-order valence-corrected chi connectivity index (χ2v) is 13.2. The van der Waals surface area contributed by atoms with Gasteiger partial charge in [0, 0.05) is 16.5 Å². The molecular weight excluding hydrogens is 360 g/mol. The highest BCUT2D eigenvalue weighted by Gasteiger charge is 2.41. The molecular formula is C25H24O2Si. The molecule has 2 N–H and O–H groups in total. The maximum atomic E-state index is 11.9. The largest absolute Gasteiger partial charge is 0.507 e. The first-order valence-electron chi connectivity index (χ1n) is 9.55. The minimum atomic E-state index is -1.70. The van der Waals surface area contributed by atoms with E-state index in [-0.39, 0.29) is 5.75 Å². The molecule has 0 aliphatic heterocycles. The van der Waals surface area contributed by atoms with Gasteiger partial charge in [0.05, 0.1) is 5.92 Å². The van der Waals surface area contributed by atoms with Gasteiger partial charge in [-0.15, -0.1) is 5.54 Å². The van der Waals surface area contributed by atoms with Crippen molar-refractivity contribution in [1.82, 2.24) is 0 Å². The second-order valence-electron chi connectivity index (χ2n) is 8.41. The number of benzene rings is 3. The standard InChI is InChI=1S/C25H24O2Si/c1-28(2,3)17-16-25(27)22-11-7-5-9-19(22)13-15-23(25)21-14-12-18-8-4-6-10-20(18)24(21)26/h4-15,23,26-27H,1-3H3. The Bertz CT molecular complexity index is 1140. The van der Waals surface area contributed by atoms with Gasteiger partial charge in [0.2, 0.25) is 0 Å². The van der Waals surface area contributed by atoms with Crippen LogP contribution in [-0.4, -0.2) is 18.3 Å². The van der Waals surface area contributed by atoms with Crippen LogP contribution in [0.3, 0.4) is 0 Å². The summed E-state index contributed by atoms with van der Waals surface area (Å²) in [6, 6.07) is 19.4. The Morgan fingerprint density at radius 3 is 2.43 bits per heavy atom. The topological polar surface area (TPSA) is 40.5 Å². The number of fused-ring (bicyclic) bond motifs is 2. The summed E-state index contributed by atoms with van der Waals surface area (Å²) >= 11 is 0. The van der Waals surface area contributed by atoms with Crippen molar-refractivity contribution in [2.75, 3.05) is 0 Å². The van der Waals surface area contributed by atoms with Crippen LogP contribution in [-0.2, 0) is 5.60 Å². The van der Waals surface area contributed by atoms with Crippen molar-refractivity contribution in [3.63, 3.8) is 0 Å². The minimum absolute atomic E-state index is 0.209. The predicted molar refractivity (Wildman–Crippen MR) is 119 cm³/mol. The number of hydrogen-bond donors (Lipinski definition) is 2. The number of phenolic OH excluding ortho intramolecular Hbond substituents is 1. The van der Waals surface area contributed by atoms with Crippen LogP contribution in [0.4, 0.5) is 0 Å². The fourth-order valence-corrected chi connectivity index (χ4v) is 4.34. The normalized spacial score (nSPS) is 21.1. The van der Waals surface area contributed by atoms with Gasteiger partial charge in [-0.3, -0.25) is 0 Å². The van der Waals surface area contributed by atoms with Crippen molar-refractivity contribution in [2.24, 2.45) is 0 Å². The fraction of sp³-hybridized carbons (Fsp3) is 0.200. The van der Waals surface area contributed by atoms with Gasteiger partial charge in [-0.25, -0.2) is 0 Å². The Labute approximate surface area is 167 Å². The number of hydrogen-bond acceptors (Lipinski definition) is 2. The Kier molecular flexibility index (Phi) is 4.42. The van der Waals surface area contributed by atoms with Gasteiger partial charge < -0.3 is 10.2 Å². The van der Waals surface area contributed by atoms with Crippen LogP contribution in [0, 0.1) is 11.5 Å². The van der Waals surface area contributed by atoms with Crippen molar-refractivity contribution < 1.29 is 10.2 Å². The molecule has 28 heavy (non-hydrogen) atoms. The van der Waals surface area contributed by atoms with Crippen LogP contribution in [0.1, 0.15) is 22.6 Å². The molecule has 0 bridgehead atoms. The molecule has 0 fully saturated rings. The van der Waals surface area contributed by atoms with E-state index in [9.17, 15) is 10.2 Å². The first kappa shape index (κ1) is 18.6. The lowest BCUT2D eigenvalue weighted by Gasteiger charge is -2.35. The summed E-state index contributed by atoms with van der Waals surface area (Å²) in [5.41, 5.74) is 4.42. The van der Waals surface area contributed by atoms with Crippen molar-refractivity contribution >= 4 is 24.9 Å². The van der Waals surface area contributed by atoms with E-state index in [2.05, 4.69) is 31.1 Å². The molecule has 140 valence electrons. The van der Waals surface area contributed by atoms with Gasteiger partial charge in [0.1, 0.15) is 13.8 Å². The SMILES string of the molecule is C[Si](C)(C)C#CC1(O)c2ccccc2C=CC1c1ccc2ccccc2c1O. The van der Waals surface area contributed by atoms with Crippen molar-refractivity contribution in [2.45, 2.75) is 31.2 Å². The molecule has 4 rings (SSSR count). The molecule has 0 amide bonds. The van der Waals surface area contributed by atoms with Crippen molar-refractivity contribution in [3.8, 4) is 17.2 Å². The van der Waals surface area contributed by atoms with E-state index in [0.717, 1.165) is 21.9 Å². The molecule has 0 saturated carbocycles. The highest BCUT2D eigenvalue weighted by molar-refractivity contribution is 6.83. The molecule has 0 aromatic heterocycles. The van der Waals surface area contributed by atoms with Gasteiger partial charge in [0.15, 0.2) is 5.60 Å². The molecule has 0 spiro atoms. The predicted octanol–water partition coefficient (Wildman–Crippen LogP) is 5.42. The first-order valence-corrected chi connectivity index (χ1v) is 13.0. The molecule has 1 aliphatic rings. The van der Waals surface area contributed by atoms with Gasteiger partial charge in [-0.2, -0.15) is 0 Å². The summed E-state index contributed by atoms with van der Waals surface area (Å²) in [5.74, 6) is 2.98. The van der Waals surface area contributed by atoms with Gasteiger partial charge in [-0.1, -0.05) is 98.4 Å². The fourth-order valence-electron chi connectivity index (χ4n) is 3.78. The molecule has 3 heteroatoms. The second kappa shape index (κ2) is 6.67. The van der Waals surface area contributed by atoms with Gasteiger partial charge in [0.25, 0.3) is 0 Å². The van der Waals surface area contributed by atoms with Crippen LogP contribution in [0.25, 0.3) is 16.8 Å². The van der Waals surface area contributed by atoms with E-state index in [1.54, 1.807) is 0 Å². The summed E-state index contributed by atoms with van der Waals surface area (Å²) < 4.78 is 0. The van der Waals surface area contributed by atoms with E-state index in [0.29, 0.717) is 5.56 Å². The third-order valence-corrected chi connectivity index (χ3v) is 6.06. The molecule has 2 unspecified atom stereocenters. The maximum absolute atomic E-state index is 11.9. The van der Waals surface area contributed by atoms with Crippen LogP contribution in [0.2, 0.25) is 19.6 Å². The molecule has 2 nitrogen and oxygen atoms in total. The van der Waals surface area contributed by atoms with Gasteiger partial charge in [-0.05, 0) is 10.9 Å². The summed E-state index contributed by atoms with van der Waals surface area (Å²) in [4.78, 5) is 0. The van der Waals surface area contributed by atoms with E-state index in [1.165, 1.54) is 0 Å². The zero-order valence-corrected chi connectivity index (χ0v) is 17.4. The molecule has 1 aliphatic carbocycles. The number of aromatic hydroxyl groups is 1. The third-order valence-electron chi connectivity index (χ3n) is 5.18. The van der Waals surface area contributed by atoms with Crippen molar-refractivity contribution in [1.29, 1.82) is 0 Å². The van der Waals surface area contributed by atoms with E-state index < -0.39 is 19.6 Å². The summed E-state index contributed by atoms with van der Waals surface area (Å²) in [6.45, 7) is 6.49. The molecule has 0 heterocycles. The summed E-state index contributed by atoms with van der Waals surface area (Å²) in [7, 11) is -1.70. The molecule has 0 saturated heterocycles. The lowest BCUT2D eigenvalue weighted by atomic mass is 9.72. The lowest BCUT2D eigenvalue weighted by Crippen LogP contribution is -2.35. The lowest BCUT2D eigenvalue weighted by molar-refractivity contribution is 0.0820. The highest BCUT2D eigenvalue weighted by Crippen LogP contribution is 2.47. The average Bonchev–Trinajstić information content (AvgIpc) is 2.68. The maximum Gasteiger partial charge on any atom is 0.161 e. The quantitative estimate of drug-likeness (QED) is 0.434. The Hall–Kier alpha value is -2.80. The molecule has 3 aromatic carbocycles. The minimum Gasteiger partial charge on any atom is -0.507 e. The molecule has 0 radical (unpaired) electrons. The van der Waals surface area contributed by atoms with E-state index in [1.807, 2.05) is 72.8 Å². The van der Waals surface area contributed by atoms with Crippen LogP contribution < -0.4 is 0 Å². The van der Waals surface area contributed by atoms with Crippen LogP contribution >= 0.6 is 0 Å². The first-order chi connectivity index (χ1) is 13.3. The zero-order chi connectivity index (χ0) is 19.9. The van der Waals surface area contributed by atoms with Crippen LogP contribution in [0.5, 0.6) is 5.75 Å². The van der Waals surface area contributed by atoms with E-state index in [4.69, 9.17) is 0 Å². The van der Waals surface area contributed by atoms with Gasteiger partial charge >= 0.3 is 0 Å². The highest BCUT2D eigenvalue weighted by atomic mass is 28.3. The van der Waals surface area contributed by atoms with Crippen molar-refractivity contribution in [3.05, 3.63) is 83.4 Å². The zero-order valence-electron chi connectivity index (χ0n) is 16.4. The molecule has 3 aromatic rings. The number of aliphatic hydroxyl groups is 1. The average molecular weight is 385 g/mol. The Morgan fingerprint density at radius 1 is 0.929 bits per heavy atom. The smallest absolute Gasteiger partial charge is 0.161 e. The number of rotatable bonds is 1. The third kappa shape index (κ3) is 3.15. The monoisotopic (exact) mass is 384 g/mol. The Morgan fingerprint density at radius 2 is 1.64 bits per heavy atom. The van der Waals surface area contributed by atoms with E-state index >= 15 is 0 Å². The summed E-state index contributed by atoms with van der Waals surface area (Å²) in [5, 5.41) is 24.7. The van der Waals surface area contributed by atoms with Crippen LogP contribution in [0.15, 0.2) is 66.7 Å². The number of phenols is 1. The molecule has 2 atom stereocenters. The summed E-state index contributed by atoms with van der Waals surface area (Å²) in [6.07, 6.45) is 3.98.